The maximum atomic E-state index is 11.1. The molecule has 0 spiro atoms. The molecular weight excluding hydrogens is 450 g/mol. The molecular formula is C27H34ClN3O3. The van der Waals surface area contributed by atoms with Gasteiger partial charge >= 0.3 is 0 Å². The van der Waals surface area contributed by atoms with Crippen molar-refractivity contribution in [2.75, 3.05) is 26.3 Å². The van der Waals surface area contributed by atoms with E-state index in [1.165, 1.54) is 5.56 Å². The van der Waals surface area contributed by atoms with Crippen molar-refractivity contribution in [3.63, 3.8) is 0 Å². The average Bonchev–Trinajstić information content (AvgIpc) is 3.14. The molecule has 4 rings (SSSR count). The van der Waals surface area contributed by atoms with Gasteiger partial charge in [0.15, 0.2) is 0 Å². The van der Waals surface area contributed by atoms with Gasteiger partial charge in [0.05, 0.1) is 17.2 Å². The minimum Gasteiger partial charge on any atom is -0.492 e. The monoisotopic (exact) mass is 483 g/mol. The number of likely N-dealkylation sites (tertiary alicyclic amines) is 1. The van der Waals surface area contributed by atoms with E-state index in [9.17, 15) is 5.11 Å². The summed E-state index contributed by atoms with van der Waals surface area (Å²) < 4.78 is 13.9. The number of halogens is 1. The molecule has 0 amide bonds. The van der Waals surface area contributed by atoms with Gasteiger partial charge in [-0.25, -0.2) is 4.98 Å². The first-order chi connectivity index (χ1) is 16.4. The number of hydrogen-bond donors (Lipinski definition) is 1. The molecule has 0 saturated carbocycles. The molecule has 3 aromatic rings. The first-order valence-electron chi connectivity index (χ1n) is 11.9. The van der Waals surface area contributed by atoms with Gasteiger partial charge in [-0.05, 0) is 75.0 Å². The maximum absolute atomic E-state index is 11.1. The Kier molecular flexibility index (Phi) is 8.14. The van der Waals surface area contributed by atoms with Crippen LogP contribution in [0.1, 0.15) is 36.2 Å². The van der Waals surface area contributed by atoms with E-state index >= 15 is 0 Å². The van der Waals surface area contributed by atoms with Crippen molar-refractivity contribution >= 4 is 11.6 Å². The summed E-state index contributed by atoms with van der Waals surface area (Å²) in [5.74, 6) is 2.51. The van der Waals surface area contributed by atoms with Crippen LogP contribution in [0.15, 0.2) is 54.9 Å². The van der Waals surface area contributed by atoms with Crippen molar-refractivity contribution in [1.29, 1.82) is 0 Å². The van der Waals surface area contributed by atoms with Crippen LogP contribution >= 0.6 is 11.6 Å². The topological polar surface area (TPSA) is 59.8 Å². The summed E-state index contributed by atoms with van der Waals surface area (Å²) in [6.45, 7) is 8.28. The van der Waals surface area contributed by atoms with Gasteiger partial charge in [0.1, 0.15) is 30.5 Å². The number of rotatable bonds is 9. The van der Waals surface area contributed by atoms with Gasteiger partial charge in [-0.15, -0.1) is 0 Å². The molecule has 0 radical (unpaired) electrons. The molecule has 1 aliphatic rings. The molecule has 7 heteroatoms. The predicted molar refractivity (Wildman–Crippen MR) is 135 cm³/mol. The van der Waals surface area contributed by atoms with Crippen LogP contribution in [0.2, 0.25) is 5.02 Å². The van der Waals surface area contributed by atoms with Crippen molar-refractivity contribution in [2.24, 2.45) is 0 Å². The third kappa shape index (κ3) is 6.75. The van der Waals surface area contributed by atoms with Crippen molar-refractivity contribution in [3.05, 3.63) is 76.8 Å². The van der Waals surface area contributed by atoms with Gasteiger partial charge in [0.25, 0.3) is 0 Å². The molecule has 6 nitrogen and oxygen atoms in total. The highest BCUT2D eigenvalue weighted by Gasteiger charge is 2.31. The van der Waals surface area contributed by atoms with E-state index < -0.39 is 5.60 Å². The summed E-state index contributed by atoms with van der Waals surface area (Å²) in [5.41, 5.74) is 1.49. The number of benzene rings is 2. The zero-order chi connectivity index (χ0) is 24.0. The molecule has 0 aliphatic carbocycles. The Balaban J connectivity index is 1.24. The molecule has 1 N–H and O–H groups in total. The zero-order valence-corrected chi connectivity index (χ0v) is 20.8. The summed E-state index contributed by atoms with van der Waals surface area (Å²) >= 11 is 6.25. The van der Waals surface area contributed by atoms with E-state index in [-0.39, 0.29) is 6.61 Å². The minimum atomic E-state index is -0.840. The number of ether oxygens (including phenoxy) is 2. The van der Waals surface area contributed by atoms with Gasteiger partial charge in [-0.1, -0.05) is 29.8 Å². The summed E-state index contributed by atoms with van der Waals surface area (Å²) in [7, 11) is 0. The van der Waals surface area contributed by atoms with Gasteiger partial charge in [-0.3, -0.25) is 4.90 Å². The molecule has 1 unspecified atom stereocenters. The molecule has 2 heterocycles. The van der Waals surface area contributed by atoms with E-state index in [4.69, 9.17) is 21.1 Å². The fraction of sp³-hybridized carbons (Fsp3) is 0.444. The van der Waals surface area contributed by atoms with Crippen LogP contribution in [-0.4, -0.2) is 51.5 Å². The fourth-order valence-electron chi connectivity index (χ4n) is 4.32. The van der Waals surface area contributed by atoms with Crippen molar-refractivity contribution in [2.45, 2.75) is 51.8 Å². The summed E-state index contributed by atoms with van der Waals surface area (Å²) in [5, 5.41) is 11.7. The second kappa shape index (κ2) is 11.3. The van der Waals surface area contributed by atoms with Crippen LogP contribution in [0, 0.1) is 13.8 Å². The molecule has 2 aromatic carbocycles. The van der Waals surface area contributed by atoms with Gasteiger partial charge in [0.2, 0.25) is 0 Å². The third-order valence-electron chi connectivity index (χ3n) is 6.45. The van der Waals surface area contributed by atoms with E-state index in [1.807, 2.05) is 50.4 Å². The lowest BCUT2D eigenvalue weighted by atomic mass is 9.96. The molecule has 182 valence electrons. The highest BCUT2D eigenvalue weighted by molar-refractivity contribution is 6.32. The van der Waals surface area contributed by atoms with Crippen LogP contribution < -0.4 is 9.47 Å². The van der Waals surface area contributed by atoms with Crippen LogP contribution in [0.5, 0.6) is 11.5 Å². The van der Waals surface area contributed by atoms with Crippen molar-refractivity contribution in [3.8, 4) is 11.5 Å². The molecule has 1 aliphatic heterocycles. The molecule has 0 bridgehead atoms. The Morgan fingerprint density at radius 2 is 1.88 bits per heavy atom. The van der Waals surface area contributed by atoms with Gasteiger partial charge in [-0.2, -0.15) is 0 Å². The number of hydrogen-bond acceptors (Lipinski definition) is 5. The van der Waals surface area contributed by atoms with Crippen molar-refractivity contribution in [1.82, 2.24) is 14.5 Å². The van der Waals surface area contributed by atoms with Crippen LogP contribution in [0.4, 0.5) is 0 Å². The van der Waals surface area contributed by atoms with Crippen molar-refractivity contribution < 1.29 is 14.6 Å². The zero-order valence-electron chi connectivity index (χ0n) is 20.0. The van der Waals surface area contributed by atoms with E-state index in [2.05, 4.69) is 26.6 Å². The Morgan fingerprint density at radius 1 is 1.06 bits per heavy atom. The second-order valence-corrected chi connectivity index (χ2v) is 9.64. The summed E-state index contributed by atoms with van der Waals surface area (Å²) in [6, 6.07) is 14.0. The minimum absolute atomic E-state index is 0.259. The fourth-order valence-corrected chi connectivity index (χ4v) is 4.49. The SMILES string of the molecule is Cc1ccc(Cl)c(OCC2(O)CCCN(Cc3ccc(OCCn4ccnc4C)cc3)CC2)c1. The van der Waals surface area contributed by atoms with Gasteiger partial charge in [0, 0.05) is 25.5 Å². The Hall–Kier alpha value is -2.54. The smallest absolute Gasteiger partial charge is 0.138 e. The largest absolute Gasteiger partial charge is 0.492 e. The number of aromatic nitrogens is 2. The maximum Gasteiger partial charge on any atom is 0.138 e. The van der Waals surface area contributed by atoms with E-state index in [0.29, 0.717) is 23.8 Å². The normalized spacial score (nSPS) is 19.1. The number of nitrogens with zero attached hydrogens (tertiary/aromatic N) is 3. The lowest BCUT2D eigenvalue weighted by molar-refractivity contribution is -0.0168. The highest BCUT2D eigenvalue weighted by Crippen LogP contribution is 2.29. The highest BCUT2D eigenvalue weighted by atomic mass is 35.5. The van der Waals surface area contributed by atoms with Crippen LogP contribution in [-0.2, 0) is 13.1 Å². The first kappa shape index (κ1) is 24.6. The summed E-state index contributed by atoms with van der Waals surface area (Å²) in [6.07, 6.45) is 6.09. The van der Waals surface area contributed by atoms with Crippen LogP contribution in [0.25, 0.3) is 0 Å². The van der Waals surface area contributed by atoms with E-state index in [0.717, 1.165) is 56.2 Å². The second-order valence-electron chi connectivity index (χ2n) is 9.24. The van der Waals surface area contributed by atoms with Crippen LogP contribution in [0.3, 0.4) is 0 Å². The lowest BCUT2D eigenvalue weighted by Crippen LogP contribution is -2.37. The lowest BCUT2D eigenvalue weighted by Gasteiger charge is -2.27. The molecule has 1 fully saturated rings. The number of aryl methyl sites for hydroxylation is 2. The first-order valence-corrected chi connectivity index (χ1v) is 12.3. The Labute approximate surface area is 207 Å². The quantitative estimate of drug-likeness (QED) is 0.462. The Morgan fingerprint density at radius 3 is 2.65 bits per heavy atom. The average molecular weight is 484 g/mol. The molecule has 1 atom stereocenters. The molecule has 34 heavy (non-hydrogen) atoms. The third-order valence-corrected chi connectivity index (χ3v) is 6.76. The predicted octanol–water partition coefficient (Wildman–Crippen LogP) is 5.03. The van der Waals surface area contributed by atoms with Gasteiger partial charge < -0.3 is 19.1 Å². The standard InChI is InChI=1S/C27H34ClN3O3/c1-21-4-9-25(28)26(18-21)34-20-27(32)10-3-13-30(14-11-27)19-23-5-7-24(8-6-23)33-17-16-31-15-12-29-22(31)2/h4-9,12,15,18,32H,3,10-11,13-14,16-17,19-20H2,1-2H3. The molecule has 1 saturated heterocycles. The summed E-state index contributed by atoms with van der Waals surface area (Å²) in [4.78, 5) is 6.63. The Bertz CT molecular complexity index is 1070. The van der Waals surface area contributed by atoms with E-state index in [1.54, 1.807) is 6.20 Å². The number of aliphatic hydroxyl groups is 1. The molecule has 1 aromatic heterocycles. The number of imidazole rings is 1.